The van der Waals surface area contributed by atoms with Crippen LogP contribution in [0.5, 0.6) is 0 Å². The molecule has 0 unspecified atom stereocenters. The highest BCUT2D eigenvalue weighted by molar-refractivity contribution is 7.92. The molecule has 4 aromatic rings. The molecule has 2 aromatic heterocycles. The summed E-state index contributed by atoms with van der Waals surface area (Å²) in [6.07, 6.45) is 2.46. The number of thiophene rings is 1. The average molecular weight is 603 g/mol. The molecule has 3 N–H and O–H groups in total. The molecule has 2 amide bonds. The molecule has 14 heteroatoms. The molecule has 0 radical (unpaired) electrons. The lowest BCUT2D eigenvalue weighted by Crippen LogP contribution is -2.37. The highest BCUT2D eigenvalue weighted by Gasteiger charge is 2.20. The summed E-state index contributed by atoms with van der Waals surface area (Å²) in [6.45, 7) is 5.34. The second kappa shape index (κ2) is 12.4. The topological polar surface area (TPSA) is 135 Å². The standard InChI is InChI=1S/C26H27ClN6O5S2/c27-23-8-9-24(39-23)40(36,37)31-26(35)30-18-2-5-20(6-3-18)33-17-29-22-16-19(4-7-21(22)25(33)34)28-10-1-11-32-12-14-38-15-13-32/h2-9,16-17,28H,1,10-15H2,(H2,30,31,35). The fourth-order valence-corrected chi connectivity index (χ4v) is 6.64. The van der Waals surface area contributed by atoms with Crippen LogP contribution in [-0.4, -0.2) is 68.3 Å². The zero-order valence-corrected chi connectivity index (χ0v) is 23.7. The number of nitrogens with one attached hydrogen (secondary N) is 3. The number of amides is 2. The molecule has 1 saturated heterocycles. The minimum Gasteiger partial charge on any atom is -0.385 e. The molecule has 0 bridgehead atoms. The van der Waals surface area contributed by atoms with Crippen LogP contribution in [-0.2, 0) is 14.8 Å². The van der Waals surface area contributed by atoms with Crippen LogP contribution < -0.4 is 20.9 Å². The van der Waals surface area contributed by atoms with Gasteiger partial charge in [0.2, 0.25) is 0 Å². The van der Waals surface area contributed by atoms with Crippen LogP contribution in [0.15, 0.2) is 69.9 Å². The second-order valence-electron chi connectivity index (χ2n) is 9.05. The predicted octanol–water partition coefficient (Wildman–Crippen LogP) is 3.75. The number of anilines is 2. The van der Waals surface area contributed by atoms with E-state index in [9.17, 15) is 18.0 Å². The number of morpholine rings is 1. The number of carbonyl (C=O) groups excluding carboxylic acids is 1. The SMILES string of the molecule is O=C(Nc1ccc(-n2cnc3cc(NCCCN4CCOCC4)ccc3c2=O)cc1)NS(=O)(=O)c1ccc(Cl)s1. The number of halogens is 1. The number of benzene rings is 2. The molecule has 1 aliphatic heterocycles. The van der Waals surface area contributed by atoms with E-state index in [4.69, 9.17) is 16.3 Å². The maximum atomic E-state index is 13.2. The van der Waals surface area contributed by atoms with Gasteiger partial charge in [-0.1, -0.05) is 11.6 Å². The summed E-state index contributed by atoms with van der Waals surface area (Å²) in [4.78, 5) is 32.3. The number of nitrogens with zero attached hydrogens (tertiary/aromatic N) is 3. The van der Waals surface area contributed by atoms with Crippen molar-refractivity contribution < 1.29 is 17.9 Å². The quantitative estimate of drug-likeness (QED) is 0.247. The molecule has 11 nitrogen and oxygen atoms in total. The number of rotatable bonds is 9. The number of urea groups is 1. The fourth-order valence-electron chi connectivity index (χ4n) is 4.25. The second-order valence-corrected chi connectivity index (χ2v) is 12.7. The maximum absolute atomic E-state index is 13.2. The molecular formula is C26H27ClN6O5S2. The van der Waals surface area contributed by atoms with Crippen molar-refractivity contribution in [1.82, 2.24) is 19.2 Å². The molecule has 0 saturated carbocycles. The van der Waals surface area contributed by atoms with E-state index in [0.717, 1.165) is 62.8 Å². The molecular weight excluding hydrogens is 576 g/mol. The Morgan fingerprint density at radius 2 is 1.80 bits per heavy atom. The number of sulfonamides is 1. The van der Waals surface area contributed by atoms with Crippen molar-refractivity contribution in [3.8, 4) is 5.69 Å². The van der Waals surface area contributed by atoms with Crippen LogP contribution in [0.2, 0.25) is 4.34 Å². The van der Waals surface area contributed by atoms with Crippen molar-refractivity contribution >= 4 is 61.3 Å². The Labute approximate surface area is 239 Å². The number of aromatic nitrogens is 2. The number of carbonyl (C=O) groups is 1. The summed E-state index contributed by atoms with van der Waals surface area (Å²) < 4.78 is 33.6. The highest BCUT2D eigenvalue weighted by atomic mass is 35.5. The van der Waals surface area contributed by atoms with Crippen molar-refractivity contribution in [2.45, 2.75) is 10.6 Å². The Kier molecular flexibility index (Phi) is 8.66. The van der Waals surface area contributed by atoms with Crippen LogP contribution in [0.25, 0.3) is 16.6 Å². The molecule has 0 spiro atoms. The van der Waals surface area contributed by atoms with Gasteiger partial charge in [-0.05, 0) is 67.6 Å². The van der Waals surface area contributed by atoms with Gasteiger partial charge in [-0.2, -0.15) is 0 Å². The van der Waals surface area contributed by atoms with Gasteiger partial charge < -0.3 is 15.4 Å². The third kappa shape index (κ3) is 6.80. The van der Waals surface area contributed by atoms with Crippen molar-refractivity contribution in [3.05, 3.63) is 75.6 Å². The summed E-state index contributed by atoms with van der Waals surface area (Å²) >= 11 is 6.63. The average Bonchev–Trinajstić information content (AvgIpc) is 3.39. The molecule has 3 heterocycles. The predicted molar refractivity (Wildman–Crippen MR) is 156 cm³/mol. The Bertz CT molecular complexity index is 1670. The Hall–Kier alpha value is -3.49. The van der Waals surface area contributed by atoms with Gasteiger partial charge in [0.1, 0.15) is 10.5 Å². The van der Waals surface area contributed by atoms with Gasteiger partial charge in [-0.15, -0.1) is 11.3 Å². The Morgan fingerprint density at radius 1 is 1.05 bits per heavy atom. The zero-order valence-electron chi connectivity index (χ0n) is 21.3. The normalized spacial score (nSPS) is 14.2. The van der Waals surface area contributed by atoms with Crippen molar-refractivity contribution in [3.63, 3.8) is 0 Å². The van der Waals surface area contributed by atoms with E-state index in [1.807, 2.05) is 16.9 Å². The third-order valence-electron chi connectivity index (χ3n) is 6.29. The van der Waals surface area contributed by atoms with E-state index in [2.05, 4.69) is 20.5 Å². The minimum atomic E-state index is -4.04. The monoisotopic (exact) mass is 602 g/mol. The first kappa shape index (κ1) is 28.1. The van der Waals surface area contributed by atoms with E-state index in [-0.39, 0.29) is 9.77 Å². The summed E-state index contributed by atoms with van der Waals surface area (Å²) in [6, 6.07) is 13.7. The summed E-state index contributed by atoms with van der Waals surface area (Å²) in [5, 5.41) is 6.34. The number of hydrogen-bond donors (Lipinski definition) is 3. The van der Waals surface area contributed by atoms with Gasteiger partial charge in [0.25, 0.3) is 15.6 Å². The third-order valence-corrected chi connectivity index (χ3v) is 9.34. The number of hydrogen-bond acceptors (Lipinski definition) is 9. The molecule has 210 valence electrons. The molecule has 0 atom stereocenters. The first-order chi connectivity index (χ1) is 19.3. The number of fused-ring (bicyclic) bond motifs is 1. The van der Waals surface area contributed by atoms with E-state index in [1.54, 1.807) is 30.3 Å². The first-order valence-electron chi connectivity index (χ1n) is 12.5. The van der Waals surface area contributed by atoms with Crippen LogP contribution in [0.4, 0.5) is 16.2 Å². The molecule has 5 rings (SSSR count). The van der Waals surface area contributed by atoms with Gasteiger partial charge in [-0.3, -0.25) is 14.3 Å². The largest absolute Gasteiger partial charge is 0.385 e. The summed E-state index contributed by atoms with van der Waals surface area (Å²) in [5.41, 5.74) is 2.13. The lowest BCUT2D eigenvalue weighted by Gasteiger charge is -2.26. The molecule has 1 aliphatic rings. The lowest BCUT2D eigenvalue weighted by molar-refractivity contribution is 0.0378. The zero-order chi connectivity index (χ0) is 28.1. The summed E-state index contributed by atoms with van der Waals surface area (Å²) in [7, 11) is -4.04. The van der Waals surface area contributed by atoms with E-state index in [1.165, 1.54) is 23.0 Å². The van der Waals surface area contributed by atoms with E-state index >= 15 is 0 Å². The van der Waals surface area contributed by atoms with Gasteiger partial charge in [0, 0.05) is 31.0 Å². The van der Waals surface area contributed by atoms with Crippen molar-refractivity contribution in [1.29, 1.82) is 0 Å². The molecule has 40 heavy (non-hydrogen) atoms. The molecule has 0 aliphatic carbocycles. The number of ether oxygens (including phenoxy) is 1. The molecule has 1 fully saturated rings. The van der Waals surface area contributed by atoms with Gasteiger partial charge >= 0.3 is 6.03 Å². The fraction of sp³-hybridized carbons (Fsp3) is 0.269. The Morgan fingerprint density at radius 3 is 2.52 bits per heavy atom. The van der Waals surface area contributed by atoms with Crippen molar-refractivity contribution in [2.24, 2.45) is 0 Å². The van der Waals surface area contributed by atoms with Crippen LogP contribution in [0.1, 0.15) is 6.42 Å². The van der Waals surface area contributed by atoms with Gasteiger partial charge in [-0.25, -0.2) is 22.9 Å². The molecule has 2 aromatic carbocycles. The van der Waals surface area contributed by atoms with Crippen LogP contribution in [0, 0.1) is 0 Å². The lowest BCUT2D eigenvalue weighted by atomic mass is 10.2. The highest BCUT2D eigenvalue weighted by Crippen LogP contribution is 2.25. The first-order valence-corrected chi connectivity index (χ1v) is 15.2. The van der Waals surface area contributed by atoms with Gasteiger partial charge in [0.05, 0.1) is 34.1 Å². The smallest absolute Gasteiger partial charge is 0.333 e. The van der Waals surface area contributed by atoms with Crippen molar-refractivity contribution in [2.75, 3.05) is 50.0 Å². The Balaban J connectivity index is 1.20. The summed E-state index contributed by atoms with van der Waals surface area (Å²) in [5.74, 6) is 0. The maximum Gasteiger partial charge on any atom is 0.333 e. The van der Waals surface area contributed by atoms with Crippen LogP contribution >= 0.6 is 22.9 Å². The minimum absolute atomic E-state index is 0.0714. The van der Waals surface area contributed by atoms with E-state index < -0.39 is 16.1 Å². The van der Waals surface area contributed by atoms with E-state index in [0.29, 0.717) is 26.6 Å². The van der Waals surface area contributed by atoms with Gasteiger partial charge in [0.15, 0.2) is 0 Å². The van der Waals surface area contributed by atoms with Crippen LogP contribution in [0.3, 0.4) is 0 Å².